The van der Waals surface area contributed by atoms with Gasteiger partial charge in [0.2, 0.25) is 5.91 Å². The van der Waals surface area contributed by atoms with Gasteiger partial charge in [-0.15, -0.1) is 0 Å². The lowest BCUT2D eigenvalue weighted by Gasteiger charge is -2.17. The summed E-state index contributed by atoms with van der Waals surface area (Å²) in [6.45, 7) is 1.56. The lowest BCUT2D eigenvalue weighted by molar-refractivity contribution is -0.860. The minimum atomic E-state index is -1.25. The number of aliphatic carboxylic acids is 1. The van der Waals surface area contributed by atoms with Crippen LogP contribution in [0, 0.1) is 0 Å². The summed E-state index contributed by atoms with van der Waals surface area (Å²) < 4.78 is 10.3. The van der Waals surface area contributed by atoms with Gasteiger partial charge in [-0.1, -0.05) is 0 Å². The third kappa shape index (κ3) is 7.40. The van der Waals surface area contributed by atoms with Crippen LogP contribution >= 0.6 is 0 Å². The first-order valence-electron chi connectivity index (χ1n) is 8.22. The number of carbonyl (C=O) groups is 2. The number of rotatable bonds is 11. The Morgan fingerprint density at radius 3 is 2.56 bits per heavy atom. The first-order valence-corrected chi connectivity index (χ1v) is 8.22. The number of hydrogen-bond acceptors (Lipinski definition) is 5. The first-order chi connectivity index (χ1) is 11.9. The zero-order chi connectivity index (χ0) is 18.8. The van der Waals surface area contributed by atoms with Gasteiger partial charge in [-0.3, -0.25) is 4.79 Å². The van der Waals surface area contributed by atoms with Gasteiger partial charge in [-0.25, -0.2) is 0 Å². The molecule has 8 heteroatoms. The first kappa shape index (κ1) is 20.7. The van der Waals surface area contributed by atoms with Crippen LogP contribution < -0.4 is 30.1 Å². The molecule has 0 aliphatic rings. The highest BCUT2D eigenvalue weighted by Crippen LogP contribution is 2.28. The van der Waals surface area contributed by atoms with Gasteiger partial charge in [0.05, 0.1) is 59.5 Å². The summed E-state index contributed by atoms with van der Waals surface area (Å²) in [5.74, 6) is -0.636. The van der Waals surface area contributed by atoms with E-state index >= 15 is 0 Å². The van der Waals surface area contributed by atoms with Gasteiger partial charge in [-0.2, -0.15) is 0 Å². The molecule has 0 aliphatic carbocycles. The summed E-state index contributed by atoms with van der Waals surface area (Å²) in [6, 6.07) is 4.07. The van der Waals surface area contributed by atoms with Crippen molar-refractivity contribution in [2.24, 2.45) is 0 Å². The molecule has 1 aromatic rings. The molecule has 0 saturated carbocycles. The Morgan fingerprint density at radius 1 is 1.28 bits per heavy atom. The number of hydrogen-bond donors (Lipinski definition) is 3. The Kier molecular flexibility index (Phi) is 8.73. The molecule has 140 valence electrons. The molecule has 0 aliphatic heterocycles. The Labute approximate surface area is 148 Å². The van der Waals surface area contributed by atoms with E-state index in [-0.39, 0.29) is 6.42 Å². The molecule has 4 N–H and O–H groups in total. The summed E-state index contributed by atoms with van der Waals surface area (Å²) >= 11 is 0. The van der Waals surface area contributed by atoms with Gasteiger partial charge >= 0.3 is 0 Å². The number of benzene rings is 1. The topological polar surface area (TPSA) is 109 Å². The highest BCUT2D eigenvalue weighted by atomic mass is 16.5. The molecule has 0 bridgehead atoms. The number of methoxy groups -OCH3 is 2. The molecule has 1 aromatic carbocycles. The summed E-state index contributed by atoms with van der Waals surface area (Å²) in [4.78, 5) is 24.8. The van der Waals surface area contributed by atoms with E-state index in [4.69, 9.17) is 9.47 Å². The molecule has 0 unspecified atom stereocenters. The van der Waals surface area contributed by atoms with Crippen molar-refractivity contribution in [2.75, 3.05) is 46.7 Å². The van der Waals surface area contributed by atoms with Crippen LogP contribution in [0.15, 0.2) is 18.2 Å². The zero-order valence-corrected chi connectivity index (χ0v) is 15.3. The Bertz CT molecular complexity index is 577. The van der Waals surface area contributed by atoms with Crippen molar-refractivity contribution in [1.82, 2.24) is 0 Å². The second-order valence-electron chi connectivity index (χ2n) is 6.08. The van der Waals surface area contributed by atoms with E-state index in [1.54, 1.807) is 23.5 Å². The van der Waals surface area contributed by atoms with Gasteiger partial charge in [0.1, 0.15) is 17.5 Å². The van der Waals surface area contributed by atoms with Crippen LogP contribution in [0.25, 0.3) is 0 Å². The summed E-state index contributed by atoms with van der Waals surface area (Å²) in [5, 5.41) is 15.6. The molecule has 1 amide bonds. The Morgan fingerprint density at radius 2 is 2.00 bits per heavy atom. The molecule has 0 saturated heterocycles. The maximum atomic E-state index is 12.2. The highest BCUT2D eigenvalue weighted by Gasteiger charge is 2.19. The van der Waals surface area contributed by atoms with Gasteiger partial charge in [0.25, 0.3) is 0 Å². The monoisotopic (exact) mass is 354 g/mol. The number of nitrogens with one attached hydrogen (secondary N) is 2. The van der Waals surface area contributed by atoms with Gasteiger partial charge < -0.3 is 34.9 Å². The molecule has 0 fully saturated rings. The highest BCUT2D eigenvalue weighted by molar-refractivity contribution is 5.94. The number of ether oxygens (including phenoxy) is 2. The van der Waals surface area contributed by atoms with Crippen LogP contribution in [0.4, 0.5) is 5.69 Å². The molecule has 1 atom stereocenters. The SMILES string of the molecule is COc1ccc(OC)c(NC(=O)C[C@@H]([NH2+]CCC[NH+](C)C)C(=O)[O-])c1. The number of amides is 1. The van der Waals surface area contributed by atoms with Crippen LogP contribution in [0.1, 0.15) is 12.8 Å². The van der Waals surface area contributed by atoms with Gasteiger partial charge in [0, 0.05) is 12.5 Å². The lowest BCUT2D eigenvalue weighted by atomic mass is 10.2. The van der Waals surface area contributed by atoms with E-state index in [1.165, 1.54) is 19.1 Å². The van der Waals surface area contributed by atoms with Crippen molar-refractivity contribution in [3.05, 3.63) is 18.2 Å². The van der Waals surface area contributed by atoms with E-state index in [2.05, 4.69) is 5.32 Å². The average Bonchev–Trinajstić information content (AvgIpc) is 2.56. The van der Waals surface area contributed by atoms with Crippen molar-refractivity contribution in [2.45, 2.75) is 18.9 Å². The number of nitrogens with two attached hydrogens (primary N) is 1. The van der Waals surface area contributed by atoms with Gasteiger partial charge in [-0.05, 0) is 12.1 Å². The average molecular weight is 354 g/mol. The predicted octanol–water partition coefficient (Wildman–Crippen LogP) is -2.75. The normalized spacial score (nSPS) is 11.9. The quantitative estimate of drug-likeness (QED) is 0.373. The number of quaternary nitrogens is 2. The fraction of sp³-hybridized carbons (Fsp3) is 0.529. The molecular weight excluding hydrogens is 326 g/mol. The molecule has 0 spiro atoms. The second-order valence-corrected chi connectivity index (χ2v) is 6.08. The molecular formula is C17H28N3O5+. The van der Waals surface area contributed by atoms with E-state index in [1.807, 2.05) is 14.1 Å². The number of anilines is 1. The molecule has 8 nitrogen and oxygen atoms in total. The smallest absolute Gasteiger partial charge is 0.230 e. The van der Waals surface area contributed by atoms with E-state index in [0.717, 1.165) is 13.0 Å². The number of carboxylic acid groups (broad SMARTS) is 1. The van der Waals surface area contributed by atoms with Crippen LogP contribution in [-0.4, -0.2) is 59.3 Å². The van der Waals surface area contributed by atoms with Crippen LogP contribution in [0.5, 0.6) is 11.5 Å². The molecule has 0 aromatic heterocycles. The summed E-state index contributed by atoms with van der Waals surface area (Å²) in [5.41, 5.74) is 0.431. The maximum Gasteiger partial charge on any atom is 0.230 e. The molecule has 0 radical (unpaired) electrons. The van der Waals surface area contributed by atoms with Crippen molar-refractivity contribution >= 4 is 17.6 Å². The molecule has 1 rings (SSSR count). The van der Waals surface area contributed by atoms with Crippen molar-refractivity contribution in [1.29, 1.82) is 0 Å². The summed E-state index contributed by atoms with van der Waals surface area (Å²) in [6.07, 6.45) is 0.676. The van der Waals surface area contributed by atoms with Crippen molar-refractivity contribution in [3.63, 3.8) is 0 Å². The number of carbonyl (C=O) groups excluding carboxylic acids is 2. The molecule has 25 heavy (non-hydrogen) atoms. The van der Waals surface area contributed by atoms with Crippen LogP contribution in [0.3, 0.4) is 0 Å². The van der Waals surface area contributed by atoms with E-state index in [0.29, 0.717) is 23.7 Å². The Balaban J connectivity index is 2.64. The summed E-state index contributed by atoms with van der Waals surface area (Å²) in [7, 11) is 7.07. The standard InChI is InChI=1S/C17H27N3O5/c1-20(2)9-5-8-18-14(17(22)23)11-16(21)19-13-10-12(24-3)6-7-15(13)25-4/h6-7,10,14,18H,5,8-9,11H2,1-4H3,(H,19,21)(H,22,23)/p+1/t14-/m1/s1. The van der Waals surface area contributed by atoms with Crippen molar-refractivity contribution < 1.29 is 34.4 Å². The lowest BCUT2D eigenvalue weighted by Crippen LogP contribution is -3.06. The third-order valence-corrected chi connectivity index (χ3v) is 3.72. The minimum Gasteiger partial charge on any atom is -0.544 e. The maximum absolute atomic E-state index is 12.2. The van der Waals surface area contributed by atoms with Gasteiger partial charge in [0.15, 0.2) is 0 Å². The zero-order valence-electron chi connectivity index (χ0n) is 15.3. The second kappa shape index (κ2) is 10.5. The van der Waals surface area contributed by atoms with Crippen molar-refractivity contribution in [3.8, 4) is 11.5 Å². The van der Waals surface area contributed by atoms with Crippen LogP contribution in [0.2, 0.25) is 0 Å². The fourth-order valence-electron chi connectivity index (χ4n) is 2.35. The third-order valence-electron chi connectivity index (χ3n) is 3.72. The van der Waals surface area contributed by atoms with E-state index < -0.39 is 17.9 Å². The predicted molar refractivity (Wildman–Crippen MR) is 90.7 cm³/mol. The minimum absolute atomic E-state index is 0.183. The largest absolute Gasteiger partial charge is 0.544 e. The van der Waals surface area contributed by atoms with E-state index in [9.17, 15) is 14.7 Å². The fourth-order valence-corrected chi connectivity index (χ4v) is 2.35. The van der Waals surface area contributed by atoms with Crippen LogP contribution in [-0.2, 0) is 9.59 Å². The Hall–Kier alpha value is -2.32. The number of carboxylic acids is 1. The molecule has 0 heterocycles.